The number of imidazole rings is 1. The standard InChI is InChI=1S/C43H54N8O3/c1-26(2)45-41(53)34-21-31(12-10-28(34)5)46-40-39-37(44-25-50(39)27(3)4)24-36(47-40)30-11-13-35-38(20-30)51(33-22-32(23-33)49-16-8-7-9-17-49)42(54)43(35)14-18-48(19-15-43)29(6)52/h10-13,20-21,24-27,32-33H,7-9,14-19,22-23H2,1-6H3,(H,45,53)(H,46,47). The van der Waals surface area contributed by atoms with Crippen LogP contribution in [0.3, 0.4) is 0 Å². The largest absolute Gasteiger partial charge is 0.350 e. The Morgan fingerprint density at radius 1 is 0.907 bits per heavy atom. The fourth-order valence-corrected chi connectivity index (χ4v) is 9.26. The van der Waals surface area contributed by atoms with Crippen molar-refractivity contribution in [1.82, 2.24) is 29.7 Å². The average Bonchev–Trinajstić information content (AvgIpc) is 3.66. The number of pyridine rings is 1. The Balaban J connectivity index is 1.18. The van der Waals surface area contributed by atoms with Crippen molar-refractivity contribution in [2.24, 2.45) is 0 Å². The van der Waals surface area contributed by atoms with E-state index in [2.05, 4.69) is 57.0 Å². The van der Waals surface area contributed by atoms with Crippen LogP contribution in [0.25, 0.3) is 22.3 Å². The van der Waals surface area contributed by atoms with Crippen LogP contribution in [0.5, 0.6) is 0 Å². The second-order valence-electron chi connectivity index (χ2n) is 16.6. The van der Waals surface area contributed by atoms with Gasteiger partial charge in [0.2, 0.25) is 11.8 Å². The molecule has 11 nitrogen and oxygen atoms in total. The Hall–Kier alpha value is -4.77. The van der Waals surface area contributed by atoms with Crippen LogP contribution in [0.4, 0.5) is 17.2 Å². The SMILES string of the molecule is CC(=O)N1CCC2(CC1)C(=O)N(C1CC(N3CCCCC3)C1)c1cc(-c3cc4ncn(C(C)C)c4c(Nc4ccc(C)c(C(=O)NC(C)C)c4)n3)ccc12. The fraction of sp³-hybridized carbons (Fsp3) is 0.512. The molecule has 1 spiro atoms. The van der Waals surface area contributed by atoms with Gasteiger partial charge in [0, 0.05) is 66.7 Å². The molecular weight excluding hydrogens is 677 g/mol. The predicted octanol–water partition coefficient (Wildman–Crippen LogP) is 7.11. The Labute approximate surface area is 318 Å². The molecule has 0 bridgehead atoms. The highest BCUT2D eigenvalue weighted by molar-refractivity contribution is 6.09. The first-order valence-corrected chi connectivity index (χ1v) is 20.0. The van der Waals surface area contributed by atoms with Gasteiger partial charge in [0.15, 0.2) is 5.82 Å². The van der Waals surface area contributed by atoms with Crippen LogP contribution in [0, 0.1) is 6.92 Å². The molecule has 0 atom stereocenters. The topological polar surface area (TPSA) is 116 Å². The van der Waals surface area contributed by atoms with Crippen molar-refractivity contribution in [3.63, 3.8) is 0 Å². The number of fused-ring (bicyclic) bond motifs is 3. The smallest absolute Gasteiger partial charge is 0.251 e. The maximum absolute atomic E-state index is 14.8. The number of aryl methyl sites for hydroxylation is 1. The number of aromatic nitrogens is 3. The van der Waals surface area contributed by atoms with Gasteiger partial charge >= 0.3 is 0 Å². The summed E-state index contributed by atoms with van der Waals surface area (Å²) >= 11 is 0. The second-order valence-corrected chi connectivity index (χ2v) is 16.6. The number of nitrogens with zero attached hydrogens (tertiary/aromatic N) is 6. The molecule has 2 aromatic heterocycles. The number of likely N-dealkylation sites (tertiary alicyclic amines) is 2. The summed E-state index contributed by atoms with van der Waals surface area (Å²) in [6.07, 6.45) is 8.93. The second kappa shape index (κ2) is 14.1. The third-order valence-electron chi connectivity index (χ3n) is 12.4. The molecule has 0 unspecified atom stereocenters. The maximum atomic E-state index is 14.8. The number of carbonyl (C=O) groups excluding carboxylic acids is 3. The minimum atomic E-state index is -0.624. The Morgan fingerprint density at radius 3 is 2.33 bits per heavy atom. The summed E-state index contributed by atoms with van der Waals surface area (Å²) in [7, 11) is 0. The number of amides is 3. The minimum Gasteiger partial charge on any atom is -0.350 e. The van der Waals surface area contributed by atoms with Gasteiger partial charge in [-0.05, 0) is 122 Å². The molecule has 54 heavy (non-hydrogen) atoms. The maximum Gasteiger partial charge on any atom is 0.251 e. The van der Waals surface area contributed by atoms with Crippen molar-refractivity contribution in [3.8, 4) is 11.3 Å². The molecule has 3 amide bonds. The minimum absolute atomic E-state index is 0.0223. The number of anilines is 3. The Bertz CT molecular complexity index is 2100. The van der Waals surface area contributed by atoms with Crippen molar-refractivity contribution in [2.45, 2.75) is 116 Å². The zero-order valence-corrected chi connectivity index (χ0v) is 32.6. The van der Waals surface area contributed by atoms with E-state index in [1.165, 1.54) is 19.3 Å². The molecule has 3 aliphatic heterocycles. The fourth-order valence-electron chi connectivity index (χ4n) is 9.26. The lowest BCUT2D eigenvalue weighted by molar-refractivity contribution is -0.134. The van der Waals surface area contributed by atoms with Crippen molar-refractivity contribution in [1.29, 1.82) is 0 Å². The molecule has 2 N–H and O–H groups in total. The van der Waals surface area contributed by atoms with Gasteiger partial charge in [-0.3, -0.25) is 14.4 Å². The number of nitrogens with one attached hydrogen (secondary N) is 2. The van der Waals surface area contributed by atoms with Crippen LogP contribution in [0.2, 0.25) is 0 Å². The molecule has 2 saturated heterocycles. The molecule has 11 heteroatoms. The molecular formula is C43H54N8O3. The summed E-state index contributed by atoms with van der Waals surface area (Å²) in [6, 6.07) is 15.1. The molecule has 5 heterocycles. The summed E-state index contributed by atoms with van der Waals surface area (Å²) in [4.78, 5) is 56.9. The number of hydrogen-bond acceptors (Lipinski definition) is 7. The Kier molecular flexibility index (Phi) is 9.48. The van der Waals surface area contributed by atoms with Crippen LogP contribution in [-0.4, -0.2) is 86.4 Å². The van der Waals surface area contributed by atoms with Gasteiger partial charge in [-0.2, -0.15) is 0 Å². The highest BCUT2D eigenvalue weighted by Gasteiger charge is 2.55. The molecule has 284 valence electrons. The Morgan fingerprint density at radius 2 is 1.65 bits per heavy atom. The third kappa shape index (κ3) is 6.33. The molecule has 8 rings (SSSR count). The predicted molar refractivity (Wildman–Crippen MR) is 213 cm³/mol. The van der Waals surface area contributed by atoms with Crippen LogP contribution >= 0.6 is 0 Å². The molecule has 4 aliphatic rings. The highest BCUT2D eigenvalue weighted by Crippen LogP contribution is 2.52. The van der Waals surface area contributed by atoms with Gasteiger partial charge in [-0.25, -0.2) is 9.97 Å². The van der Waals surface area contributed by atoms with E-state index in [0.29, 0.717) is 43.4 Å². The molecule has 2 aromatic carbocycles. The quantitative estimate of drug-likeness (QED) is 0.199. The van der Waals surface area contributed by atoms with Crippen LogP contribution in [0.1, 0.15) is 107 Å². The van der Waals surface area contributed by atoms with E-state index in [9.17, 15) is 14.4 Å². The number of piperidine rings is 2. The summed E-state index contributed by atoms with van der Waals surface area (Å²) in [5.74, 6) is 0.800. The zero-order chi connectivity index (χ0) is 37.9. The van der Waals surface area contributed by atoms with E-state index in [4.69, 9.17) is 9.97 Å². The van der Waals surface area contributed by atoms with Gasteiger partial charge < -0.3 is 29.9 Å². The van der Waals surface area contributed by atoms with E-state index >= 15 is 0 Å². The lowest BCUT2D eigenvalue weighted by Gasteiger charge is -2.48. The molecule has 3 fully saturated rings. The van der Waals surface area contributed by atoms with E-state index in [1.54, 1.807) is 6.92 Å². The van der Waals surface area contributed by atoms with Crippen LogP contribution in [0.15, 0.2) is 48.8 Å². The monoisotopic (exact) mass is 730 g/mol. The summed E-state index contributed by atoms with van der Waals surface area (Å²) < 4.78 is 2.12. The van der Waals surface area contributed by atoms with Gasteiger partial charge in [0.05, 0.1) is 23.0 Å². The summed E-state index contributed by atoms with van der Waals surface area (Å²) in [5.41, 5.74) is 7.08. The van der Waals surface area contributed by atoms with Crippen molar-refractivity contribution >= 4 is 45.9 Å². The average molecular weight is 731 g/mol. The first-order valence-electron chi connectivity index (χ1n) is 20.0. The highest BCUT2D eigenvalue weighted by atomic mass is 16.2. The number of rotatable bonds is 8. The van der Waals surface area contributed by atoms with Gasteiger partial charge in [-0.15, -0.1) is 0 Å². The lowest BCUT2D eigenvalue weighted by atomic mass is 9.73. The van der Waals surface area contributed by atoms with E-state index in [-0.39, 0.29) is 35.8 Å². The third-order valence-corrected chi connectivity index (χ3v) is 12.4. The van der Waals surface area contributed by atoms with Crippen molar-refractivity contribution < 1.29 is 14.4 Å². The first-order chi connectivity index (χ1) is 25.9. The van der Waals surface area contributed by atoms with Crippen LogP contribution in [-0.2, 0) is 15.0 Å². The normalized spacial score (nSPS) is 21.2. The molecule has 0 radical (unpaired) electrons. The molecule has 1 aliphatic carbocycles. The number of carbonyl (C=O) groups is 3. The summed E-state index contributed by atoms with van der Waals surface area (Å²) in [6.45, 7) is 15.2. The summed E-state index contributed by atoms with van der Waals surface area (Å²) in [5, 5.41) is 6.58. The lowest BCUT2D eigenvalue weighted by Crippen LogP contribution is -2.58. The first kappa shape index (κ1) is 36.2. The zero-order valence-electron chi connectivity index (χ0n) is 32.6. The number of benzene rings is 2. The van der Waals surface area contributed by atoms with Gasteiger partial charge in [0.1, 0.15) is 5.52 Å². The van der Waals surface area contributed by atoms with Gasteiger partial charge in [-0.1, -0.05) is 24.6 Å². The van der Waals surface area contributed by atoms with E-state index < -0.39 is 5.41 Å². The molecule has 4 aromatic rings. The van der Waals surface area contributed by atoms with Gasteiger partial charge in [0.25, 0.3) is 5.91 Å². The van der Waals surface area contributed by atoms with Crippen LogP contribution < -0.4 is 15.5 Å². The van der Waals surface area contributed by atoms with E-state index in [1.807, 2.05) is 56.3 Å². The van der Waals surface area contributed by atoms with E-state index in [0.717, 1.165) is 70.7 Å². The van der Waals surface area contributed by atoms with Crippen molar-refractivity contribution in [3.05, 3.63) is 65.5 Å². The van der Waals surface area contributed by atoms with Crippen molar-refractivity contribution in [2.75, 3.05) is 36.4 Å². The molecule has 1 saturated carbocycles. The number of hydrogen-bond donors (Lipinski definition) is 2.